The first-order valence-corrected chi connectivity index (χ1v) is 6.67. The average molecular weight is 308 g/mol. The lowest BCUT2D eigenvalue weighted by molar-refractivity contribution is 0.0442. The number of carbonyl (C=O) groups excluding carboxylic acids is 3. The van der Waals surface area contributed by atoms with Gasteiger partial charge in [-0.1, -0.05) is 12.6 Å². The zero-order valence-electron chi connectivity index (χ0n) is 11.6. The van der Waals surface area contributed by atoms with Crippen molar-refractivity contribution in [2.45, 2.75) is 0 Å². The second kappa shape index (κ2) is 4.54. The van der Waals surface area contributed by atoms with Crippen LogP contribution in [0.5, 0.6) is 11.5 Å². The van der Waals surface area contributed by atoms with Crippen LogP contribution in [-0.4, -0.2) is 17.9 Å². The molecule has 2 aliphatic rings. The fourth-order valence-corrected chi connectivity index (χ4v) is 2.53. The van der Waals surface area contributed by atoms with Crippen LogP contribution in [0.4, 0.5) is 0 Å². The van der Waals surface area contributed by atoms with Crippen LogP contribution < -0.4 is 4.74 Å². The Morgan fingerprint density at radius 1 is 0.826 bits per heavy atom. The molecule has 2 aromatic carbocycles. The van der Waals surface area contributed by atoms with Gasteiger partial charge in [0.15, 0.2) is 0 Å². The fraction of sp³-hybridized carbons (Fsp3) is 0. The van der Waals surface area contributed by atoms with Crippen LogP contribution in [-0.2, 0) is 9.47 Å². The minimum atomic E-state index is -0.746. The Hall–Kier alpha value is -3.41. The third kappa shape index (κ3) is 1.92. The first-order valence-electron chi connectivity index (χ1n) is 6.67. The molecule has 0 radical (unpaired) electrons. The lowest BCUT2D eigenvalue weighted by Gasteiger charge is -2.08. The van der Waals surface area contributed by atoms with Gasteiger partial charge < -0.3 is 14.2 Å². The maximum atomic E-state index is 11.8. The molecule has 2 aliphatic heterocycles. The number of hydrogen-bond donors (Lipinski definition) is 0. The highest BCUT2D eigenvalue weighted by Gasteiger charge is 2.33. The van der Waals surface area contributed by atoms with Crippen LogP contribution in [0.25, 0.3) is 5.76 Å². The Kier molecular flexibility index (Phi) is 2.62. The molecule has 2 aromatic rings. The molecule has 112 valence electrons. The summed E-state index contributed by atoms with van der Waals surface area (Å²) in [6.07, 6.45) is 0. The third-order valence-corrected chi connectivity index (χ3v) is 3.59. The fourth-order valence-electron chi connectivity index (χ4n) is 2.53. The van der Waals surface area contributed by atoms with Gasteiger partial charge in [0.1, 0.15) is 22.8 Å². The number of esters is 3. The largest absolute Gasteiger partial charge is 0.456 e. The zero-order valence-corrected chi connectivity index (χ0v) is 11.6. The van der Waals surface area contributed by atoms with E-state index < -0.39 is 17.9 Å². The van der Waals surface area contributed by atoms with Gasteiger partial charge in [-0.2, -0.15) is 0 Å². The van der Waals surface area contributed by atoms with Crippen molar-refractivity contribution in [3.8, 4) is 11.5 Å². The van der Waals surface area contributed by atoms with Crippen LogP contribution >= 0.6 is 0 Å². The van der Waals surface area contributed by atoms with E-state index in [1.54, 1.807) is 30.3 Å². The number of rotatable bonds is 2. The van der Waals surface area contributed by atoms with Crippen molar-refractivity contribution in [2.75, 3.05) is 0 Å². The van der Waals surface area contributed by atoms with E-state index in [-0.39, 0.29) is 22.6 Å². The molecule has 0 unspecified atom stereocenters. The lowest BCUT2D eigenvalue weighted by atomic mass is 10.1. The van der Waals surface area contributed by atoms with Gasteiger partial charge in [-0.05, 0) is 30.3 Å². The zero-order chi connectivity index (χ0) is 16.1. The molecular formula is C17H8O6. The van der Waals surface area contributed by atoms with Gasteiger partial charge in [0.25, 0.3) is 0 Å². The molecule has 0 bridgehead atoms. The minimum Gasteiger partial charge on any atom is -0.456 e. The molecule has 2 heterocycles. The number of fused-ring (bicyclic) bond motifs is 2. The van der Waals surface area contributed by atoms with Crippen molar-refractivity contribution >= 4 is 23.7 Å². The minimum absolute atomic E-state index is 0.0872. The van der Waals surface area contributed by atoms with E-state index in [9.17, 15) is 14.4 Å². The first-order chi connectivity index (χ1) is 11.0. The maximum absolute atomic E-state index is 11.8. The molecule has 0 atom stereocenters. The highest BCUT2D eigenvalue weighted by Crippen LogP contribution is 2.36. The van der Waals surface area contributed by atoms with Crippen molar-refractivity contribution < 1.29 is 28.6 Å². The third-order valence-electron chi connectivity index (χ3n) is 3.59. The first kappa shape index (κ1) is 13.3. The van der Waals surface area contributed by atoms with Crippen LogP contribution in [0.1, 0.15) is 36.6 Å². The number of cyclic esters (lactones) is 3. The lowest BCUT2D eigenvalue weighted by Crippen LogP contribution is -1.99. The molecule has 0 fully saturated rings. The van der Waals surface area contributed by atoms with Crippen molar-refractivity contribution in [2.24, 2.45) is 0 Å². The summed E-state index contributed by atoms with van der Waals surface area (Å²) in [6, 6.07) is 9.35. The van der Waals surface area contributed by atoms with E-state index >= 15 is 0 Å². The summed E-state index contributed by atoms with van der Waals surface area (Å²) >= 11 is 0. The predicted molar refractivity (Wildman–Crippen MR) is 77.2 cm³/mol. The van der Waals surface area contributed by atoms with Crippen LogP contribution in [0, 0.1) is 0 Å². The number of hydrogen-bond acceptors (Lipinski definition) is 6. The van der Waals surface area contributed by atoms with Crippen molar-refractivity contribution in [1.29, 1.82) is 0 Å². The van der Waals surface area contributed by atoms with Gasteiger partial charge in [0.05, 0.1) is 11.1 Å². The second-order valence-corrected chi connectivity index (χ2v) is 4.98. The molecule has 0 amide bonds. The Morgan fingerprint density at radius 3 is 2.43 bits per heavy atom. The van der Waals surface area contributed by atoms with E-state index in [0.717, 1.165) is 0 Å². The quantitative estimate of drug-likeness (QED) is 0.627. The molecule has 0 saturated heterocycles. The van der Waals surface area contributed by atoms with Gasteiger partial charge in [-0.25, -0.2) is 14.4 Å². The van der Waals surface area contributed by atoms with Crippen LogP contribution in [0.2, 0.25) is 0 Å². The molecular weight excluding hydrogens is 300 g/mol. The van der Waals surface area contributed by atoms with Gasteiger partial charge in [0, 0.05) is 5.56 Å². The standard InChI is InChI=1S/C17H8O6/c1-8-12-7-9(5-6-10(12)15(18)21-8)22-13-4-2-3-11-14(13)17(20)23-16(11)19/h2-7H,1H2. The SMILES string of the molecule is C=C1OC(=O)c2ccc(Oc3cccc4c3C(=O)OC4=O)cc21. The summed E-state index contributed by atoms with van der Waals surface area (Å²) < 4.78 is 15.2. The van der Waals surface area contributed by atoms with E-state index in [1.165, 1.54) is 6.07 Å². The van der Waals surface area contributed by atoms with Gasteiger partial charge in [0.2, 0.25) is 0 Å². The smallest absolute Gasteiger partial charge is 0.350 e. The van der Waals surface area contributed by atoms with Crippen molar-refractivity contribution in [1.82, 2.24) is 0 Å². The normalized spacial score (nSPS) is 15.1. The molecule has 23 heavy (non-hydrogen) atoms. The Morgan fingerprint density at radius 2 is 1.61 bits per heavy atom. The van der Waals surface area contributed by atoms with E-state index in [4.69, 9.17) is 9.47 Å². The molecule has 0 N–H and O–H groups in total. The second-order valence-electron chi connectivity index (χ2n) is 4.98. The van der Waals surface area contributed by atoms with Crippen molar-refractivity contribution in [3.63, 3.8) is 0 Å². The Bertz CT molecular complexity index is 925. The van der Waals surface area contributed by atoms with E-state index in [1.807, 2.05) is 0 Å². The number of ether oxygens (including phenoxy) is 3. The summed E-state index contributed by atoms with van der Waals surface area (Å²) in [7, 11) is 0. The molecule has 4 rings (SSSR count). The predicted octanol–water partition coefficient (Wildman–Crippen LogP) is 2.93. The Balaban J connectivity index is 1.75. The summed E-state index contributed by atoms with van der Waals surface area (Å²) in [5, 5.41) is 0. The summed E-state index contributed by atoms with van der Waals surface area (Å²) in [4.78, 5) is 34.9. The molecule has 6 heteroatoms. The highest BCUT2D eigenvalue weighted by molar-refractivity contribution is 6.16. The van der Waals surface area contributed by atoms with E-state index in [2.05, 4.69) is 11.3 Å². The monoisotopic (exact) mass is 308 g/mol. The average Bonchev–Trinajstić information content (AvgIpc) is 2.97. The van der Waals surface area contributed by atoms with Crippen LogP contribution in [0.3, 0.4) is 0 Å². The van der Waals surface area contributed by atoms with Crippen molar-refractivity contribution in [3.05, 3.63) is 65.2 Å². The van der Waals surface area contributed by atoms with Gasteiger partial charge in [-0.3, -0.25) is 0 Å². The number of benzene rings is 2. The van der Waals surface area contributed by atoms with Gasteiger partial charge in [-0.15, -0.1) is 0 Å². The van der Waals surface area contributed by atoms with Crippen LogP contribution in [0.15, 0.2) is 43.0 Å². The Labute approximate surface area is 129 Å². The summed E-state index contributed by atoms with van der Waals surface area (Å²) in [5.41, 5.74) is 1.18. The molecule has 0 aromatic heterocycles. The highest BCUT2D eigenvalue weighted by atomic mass is 16.6. The van der Waals surface area contributed by atoms with E-state index in [0.29, 0.717) is 16.9 Å². The molecule has 0 saturated carbocycles. The van der Waals surface area contributed by atoms with Gasteiger partial charge >= 0.3 is 17.9 Å². The molecule has 0 aliphatic carbocycles. The molecule has 0 spiro atoms. The number of carbonyl (C=O) groups is 3. The maximum Gasteiger partial charge on any atom is 0.350 e. The molecule has 6 nitrogen and oxygen atoms in total. The summed E-state index contributed by atoms with van der Waals surface area (Å²) in [6.45, 7) is 3.66. The topological polar surface area (TPSA) is 78.9 Å². The summed E-state index contributed by atoms with van der Waals surface area (Å²) in [5.74, 6) is -1.09.